The number of fused-ring (bicyclic) bond motifs is 1. The van der Waals surface area contributed by atoms with Gasteiger partial charge < -0.3 is 5.73 Å². The number of hydrogen-bond donors (Lipinski definition) is 3. The second kappa shape index (κ2) is 4.68. The van der Waals surface area contributed by atoms with Crippen LogP contribution in [-0.4, -0.2) is 16.7 Å². The number of aromatic amines is 1. The van der Waals surface area contributed by atoms with E-state index in [9.17, 15) is 0 Å². The molecule has 0 saturated heterocycles. The van der Waals surface area contributed by atoms with Gasteiger partial charge in [0.1, 0.15) is 5.03 Å². The summed E-state index contributed by atoms with van der Waals surface area (Å²) in [6.07, 6.45) is 3.30. The summed E-state index contributed by atoms with van der Waals surface area (Å²) in [6, 6.07) is 6.34. The standard InChI is InChI=1S/C11H15N3S/c12-6-2-1-3-8-4-5-10-9(7-8)11(15)14-13-10/h4-5,7H,1-3,6,12H2,(H2,13,14,15). The maximum Gasteiger partial charge on any atom is 0.123 e. The summed E-state index contributed by atoms with van der Waals surface area (Å²) in [7, 11) is 0. The lowest BCUT2D eigenvalue weighted by atomic mass is 10.1. The van der Waals surface area contributed by atoms with Crippen LogP contribution in [0.3, 0.4) is 0 Å². The Bertz CT molecular complexity index is 450. The summed E-state index contributed by atoms with van der Waals surface area (Å²) < 4.78 is 0. The third-order valence-electron chi connectivity index (χ3n) is 2.53. The van der Waals surface area contributed by atoms with Crippen LogP contribution >= 0.6 is 12.6 Å². The van der Waals surface area contributed by atoms with E-state index in [2.05, 4.69) is 41.0 Å². The molecule has 0 amide bonds. The highest BCUT2D eigenvalue weighted by atomic mass is 32.1. The molecule has 0 unspecified atom stereocenters. The van der Waals surface area contributed by atoms with E-state index in [0.29, 0.717) is 0 Å². The van der Waals surface area contributed by atoms with Gasteiger partial charge in [0.25, 0.3) is 0 Å². The molecule has 0 saturated carbocycles. The van der Waals surface area contributed by atoms with E-state index in [0.717, 1.165) is 41.7 Å². The summed E-state index contributed by atoms with van der Waals surface area (Å²) in [4.78, 5) is 0. The van der Waals surface area contributed by atoms with Crippen molar-refractivity contribution in [2.45, 2.75) is 24.3 Å². The first-order valence-corrected chi connectivity index (χ1v) is 5.62. The highest BCUT2D eigenvalue weighted by Crippen LogP contribution is 2.20. The molecule has 80 valence electrons. The van der Waals surface area contributed by atoms with E-state index < -0.39 is 0 Å². The van der Waals surface area contributed by atoms with Crippen LogP contribution in [0.4, 0.5) is 0 Å². The lowest BCUT2D eigenvalue weighted by molar-refractivity contribution is 0.745. The van der Waals surface area contributed by atoms with Gasteiger partial charge in [-0.05, 0) is 43.5 Å². The molecule has 3 N–H and O–H groups in total. The number of unbranched alkanes of at least 4 members (excludes halogenated alkanes) is 1. The molecule has 0 aliphatic rings. The zero-order valence-electron chi connectivity index (χ0n) is 8.53. The fourth-order valence-electron chi connectivity index (χ4n) is 1.68. The van der Waals surface area contributed by atoms with Gasteiger partial charge in [-0.15, -0.1) is 12.6 Å². The molecular weight excluding hydrogens is 206 g/mol. The minimum absolute atomic E-state index is 0.769. The van der Waals surface area contributed by atoms with E-state index in [1.807, 2.05) is 0 Å². The quantitative estimate of drug-likeness (QED) is 0.547. The summed E-state index contributed by atoms with van der Waals surface area (Å²) in [6.45, 7) is 0.770. The van der Waals surface area contributed by atoms with Crippen molar-refractivity contribution >= 4 is 23.5 Å². The summed E-state index contributed by atoms with van der Waals surface area (Å²) in [5.41, 5.74) is 7.83. The number of aryl methyl sites for hydroxylation is 1. The maximum absolute atomic E-state index is 5.46. The molecule has 2 rings (SSSR count). The van der Waals surface area contributed by atoms with Crippen LogP contribution < -0.4 is 5.73 Å². The number of benzene rings is 1. The van der Waals surface area contributed by atoms with Crippen LogP contribution in [0.15, 0.2) is 23.2 Å². The Kier molecular flexibility index (Phi) is 3.28. The normalized spacial score (nSPS) is 11.1. The molecule has 1 aromatic heterocycles. The van der Waals surface area contributed by atoms with Crippen molar-refractivity contribution in [1.29, 1.82) is 0 Å². The zero-order valence-corrected chi connectivity index (χ0v) is 9.43. The average Bonchev–Trinajstić information content (AvgIpc) is 2.61. The topological polar surface area (TPSA) is 54.7 Å². The largest absolute Gasteiger partial charge is 0.330 e. The minimum atomic E-state index is 0.769. The molecule has 0 aliphatic heterocycles. The van der Waals surface area contributed by atoms with Crippen LogP contribution in [-0.2, 0) is 6.42 Å². The van der Waals surface area contributed by atoms with Crippen LogP contribution in [0, 0.1) is 0 Å². The van der Waals surface area contributed by atoms with Crippen molar-refractivity contribution < 1.29 is 0 Å². The lowest BCUT2D eigenvalue weighted by Gasteiger charge is -2.00. The van der Waals surface area contributed by atoms with Gasteiger partial charge in [0.15, 0.2) is 0 Å². The van der Waals surface area contributed by atoms with Crippen LogP contribution in [0.5, 0.6) is 0 Å². The Balaban J connectivity index is 2.18. The van der Waals surface area contributed by atoms with E-state index in [1.54, 1.807) is 0 Å². The van der Waals surface area contributed by atoms with Gasteiger partial charge in [0.2, 0.25) is 0 Å². The van der Waals surface area contributed by atoms with Crippen LogP contribution in [0.25, 0.3) is 10.9 Å². The van der Waals surface area contributed by atoms with Gasteiger partial charge in [0.05, 0.1) is 5.52 Å². The fraction of sp³-hybridized carbons (Fsp3) is 0.364. The second-order valence-electron chi connectivity index (χ2n) is 3.67. The molecule has 0 bridgehead atoms. The summed E-state index contributed by atoms with van der Waals surface area (Å²) in [5, 5.41) is 8.86. The zero-order chi connectivity index (χ0) is 10.7. The minimum Gasteiger partial charge on any atom is -0.330 e. The molecule has 0 radical (unpaired) electrons. The van der Waals surface area contributed by atoms with Gasteiger partial charge in [-0.2, -0.15) is 5.10 Å². The van der Waals surface area contributed by atoms with E-state index in [4.69, 9.17) is 5.73 Å². The van der Waals surface area contributed by atoms with E-state index in [1.165, 1.54) is 5.56 Å². The predicted molar refractivity (Wildman–Crippen MR) is 65.3 cm³/mol. The number of H-pyrrole nitrogens is 1. The molecule has 1 heterocycles. The molecule has 1 aromatic carbocycles. The number of rotatable bonds is 4. The van der Waals surface area contributed by atoms with Gasteiger partial charge in [-0.25, -0.2) is 0 Å². The van der Waals surface area contributed by atoms with Crippen molar-refractivity contribution in [2.75, 3.05) is 6.54 Å². The van der Waals surface area contributed by atoms with Gasteiger partial charge in [0, 0.05) is 5.39 Å². The van der Waals surface area contributed by atoms with Crippen molar-refractivity contribution in [3.8, 4) is 0 Å². The van der Waals surface area contributed by atoms with Gasteiger partial charge in [-0.3, -0.25) is 5.10 Å². The summed E-state index contributed by atoms with van der Waals surface area (Å²) in [5.74, 6) is 0. The molecule has 0 spiro atoms. The predicted octanol–water partition coefficient (Wildman–Crippen LogP) is 2.13. The van der Waals surface area contributed by atoms with Crippen LogP contribution in [0.2, 0.25) is 0 Å². The van der Waals surface area contributed by atoms with E-state index in [-0.39, 0.29) is 0 Å². The molecule has 4 heteroatoms. The molecular formula is C11H15N3S. The fourth-order valence-corrected chi connectivity index (χ4v) is 1.91. The Morgan fingerprint density at radius 1 is 1.33 bits per heavy atom. The first-order chi connectivity index (χ1) is 7.31. The van der Waals surface area contributed by atoms with Crippen molar-refractivity contribution in [3.63, 3.8) is 0 Å². The Labute approximate surface area is 94.5 Å². The third kappa shape index (κ3) is 2.33. The third-order valence-corrected chi connectivity index (χ3v) is 2.87. The number of hydrogen-bond acceptors (Lipinski definition) is 3. The molecule has 0 fully saturated rings. The Morgan fingerprint density at radius 3 is 3.00 bits per heavy atom. The lowest BCUT2D eigenvalue weighted by Crippen LogP contribution is -1.98. The molecule has 2 aromatic rings. The molecule has 0 atom stereocenters. The van der Waals surface area contributed by atoms with E-state index >= 15 is 0 Å². The molecule has 3 nitrogen and oxygen atoms in total. The highest BCUT2D eigenvalue weighted by Gasteiger charge is 2.02. The van der Waals surface area contributed by atoms with Gasteiger partial charge in [-0.1, -0.05) is 6.07 Å². The van der Waals surface area contributed by atoms with Crippen LogP contribution in [0.1, 0.15) is 18.4 Å². The number of thiol groups is 1. The van der Waals surface area contributed by atoms with Crippen molar-refractivity contribution in [1.82, 2.24) is 10.2 Å². The van der Waals surface area contributed by atoms with Gasteiger partial charge >= 0.3 is 0 Å². The maximum atomic E-state index is 5.46. The second-order valence-corrected chi connectivity index (χ2v) is 4.10. The first-order valence-electron chi connectivity index (χ1n) is 5.17. The molecule has 15 heavy (non-hydrogen) atoms. The number of nitrogens with one attached hydrogen (secondary N) is 1. The van der Waals surface area contributed by atoms with Crippen molar-refractivity contribution in [2.24, 2.45) is 5.73 Å². The number of nitrogens with two attached hydrogens (primary N) is 1. The average molecular weight is 221 g/mol. The Morgan fingerprint density at radius 2 is 2.20 bits per heavy atom. The number of nitrogens with zero attached hydrogens (tertiary/aromatic N) is 1. The van der Waals surface area contributed by atoms with Crippen molar-refractivity contribution in [3.05, 3.63) is 23.8 Å². The first kappa shape index (κ1) is 10.5. The summed E-state index contributed by atoms with van der Waals surface area (Å²) >= 11 is 4.30. The number of aromatic nitrogens is 2. The Hall–Kier alpha value is -1.000. The molecule has 0 aliphatic carbocycles. The highest BCUT2D eigenvalue weighted by molar-refractivity contribution is 7.80. The SMILES string of the molecule is NCCCCc1ccc2[nH]nc(S)c2c1. The smallest absolute Gasteiger partial charge is 0.123 e. The monoisotopic (exact) mass is 221 g/mol.